The van der Waals surface area contributed by atoms with Crippen molar-refractivity contribution in [2.24, 2.45) is 0 Å². The summed E-state index contributed by atoms with van der Waals surface area (Å²) in [6, 6.07) is 28.2. The zero-order valence-corrected chi connectivity index (χ0v) is 30.4. The largest absolute Gasteiger partial charge is 0.497 e. The predicted molar refractivity (Wildman–Crippen MR) is 210 cm³/mol. The number of nitrogens with one attached hydrogen (secondary N) is 5. The van der Waals surface area contributed by atoms with Crippen LogP contribution in [0, 0.1) is 0 Å². The van der Waals surface area contributed by atoms with Gasteiger partial charge in [0.15, 0.2) is 11.6 Å². The topological polar surface area (TPSA) is 156 Å². The van der Waals surface area contributed by atoms with Crippen molar-refractivity contribution in [3.63, 3.8) is 0 Å². The first-order valence-electron chi connectivity index (χ1n) is 16.3. The van der Waals surface area contributed by atoms with Crippen LogP contribution in [-0.2, 0) is 11.2 Å². The molecule has 0 bridgehead atoms. The van der Waals surface area contributed by atoms with Gasteiger partial charge >= 0.3 is 0 Å². The molecule has 6 aromatic rings. The molecule has 0 saturated heterocycles. The Balaban J connectivity index is 0.000000183. The summed E-state index contributed by atoms with van der Waals surface area (Å²) in [5.41, 5.74) is 5.19. The number of nitrogens with zero attached hydrogens (tertiary/aromatic N) is 4. The fourth-order valence-corrected chi connectivity index (χ4v) is 5.40. The van der Waals surface area contributed by atoms with Gasteiger partial charge in [-0.15, -0.1) is 0 Å². The number of hydrogen-bond donors (Lipinski definition) is 5. The van der Waals surface area contributed by atoms with Crippen LogP contribution in [0.1, 0.15) is 12.0 Å². The fourth-order valence-electron chi connectivity index (χ4n) is 5.13. The standard InChI is InChI=1S/C20H18ClN5O2.C18H17ClN4O2/c1-28-15-4-2-3-13(10-15)23-19-16(21)11-22-20(26-19)24-14-6-7-17-12(9-14)5-8-18(27)25-17;1-24-14-7-3-5-12(9-14)21-17-16(19)11-20-18(23-17)22-13-6-4-8-15(10-13)25-2/h2-4,6-7,9-11H,5,8H2,1H3,(H,25,27)(H2,22,23,24,26);3-11H,1-2H3,(H2,20,21,22,23). The molecule has 7 rings (SSSR count). The quantitative estimate of drug-likeness (QED) is 0.0857. The highest BCUT2D eigenvalue weighted by Gasteiger charge is 2.15. The summed E-state index contributed by atoms with van der Waals surface area (Å²) in [4.78, 5) is 28.8. The Bertz CT molecular complexity index is 2220. The number of ether oxygens (including phenoxy) is 3. The van der Waals surface area contributed by atoms with Crippen molar-refractivity contribution in [1.29, 1.82) is 0 Å². The van der Waals surface area contributed by atoms with Gasteiger partial charge in [0, 0.05) is 53.1 Å². The zero-order chi connectivity index (χ0) is 37.2. The van der Waals surface area contributed by atoms with E-state index in [0.717, 1.165) is 51.2 Å². The fraction of sp³-hybridized carbons (Fsp3) is 0.132. The van der Waals surface area contributed by atoms with Gasteiger partial charge in [-0.1, -0.05) is 41.4 Å². The predicted octanol–water partition coefficient (Wildman–Crippen LogP) is 9.14. The van der Waals surface area contributed by atoms with Crippen LogP contribution in [0.3, 0.4) is 0 Å². The van der Waals surface area contributed by atoms with E-state index in [1.807, 2.05) is 91.0 Å². The lowest BCUT2D eigenvalue weighted by atomic mass is 10.0. The van der Waals surface area contributed by atoms with Gasteiger partial charge in [0.05, 0.1) is 33.7 Å². The van der Waals surface area contributed by atoms with E-state index in [-0.39, 0.29) is 5.91 Å². The van der Waals surface area contributed by atoms with Crippen LogP contribution < -0.4 is 40.8 Å². The summed E-state index contributed by atoms with van der Waals surface area (Å²) in [5.74, 6) is 4.07. The van der Waals surface area contributed by atoms with E-state index in [4.69, 9.17) is 37.4 Å². The minimum atomic E-state index is 0.0440. The number of carbonyl (C=O) groups is 1. The zero-order valence-electron chi connectivity index (χ0n) is 28.9. The first-order valence-corrected chi connectivity index (χ1v) is 17.0. The number of hydrogen-bond acceptors (Lipinski definition) is 12. The summed E-state index contributed by atoms with van der Waals surface area (Å²) in [6.07, 6.45) is 4.28. The number of carbonyl (C=O) groups excluding carboxylic acids is 1. The molecule has 270 valence electrons. The third-order valence-electron chi connectivity index (χ3n) is 7.74. The number of amides is 1. The molecule has 0 aliphatic carbocycles. The second-order valence-electron chi connectivity index (χ2n) is 11.4. The van der Waals surface area contributed by atoms with E-state index >= 15 is 0 Å². The van der Waals surface area contributed by atoms with Gasteiger partial charge in [-0.2, -0.15) is 9.97 Å². The Hall–Kier alpha value is -6.31. The number of halogens is 2. The molecule has 0 unspecified atom stereocenters. The van der Waals surface area contributed by atoms with E-state index in [1.54, 1.807) is 27.5 Å². The SMILES string of the molecule is COc1cccc(Nc2nc(Nc3ccc4c(c3)CCC(=O)N4)ncc2Cl)c1.COc1cccc(Nc2ncc(Cl)c(Nc3cccc(OC)c3)n2)c1. The van der Waals surface area contributed by atoms with Crippen LogP contribution in [0.2, 0.25) is 10.0 Å². The molecule has 0 spiro atoms. The highest BCUT2D eigenvalue weighted by Crippen LogP contribution is 2.30. The van der Waals surface area contributed by atoms with E-state index in [0.29, 0.717) is 46.4 Å². The van der Waals surface area contributed by atoms with Crippen molar-refractivity contribution in [1.82, 2.24) is 19.9 Å². The Kier molecular flexibility index (Phi) is 11.9. The molecule has 0 saturated carbocycles. The van der Waals surface area contributed by atoms with E-state index in [9.17, 15) is 4.79 Å². The molecule has 4 aromatic carbocycles. The van der Waals surface area contributed by atoms with E-state index < -0.39 is 0 Å². The first-order chi connectivity index (χ1) is 25.8. The third kappa shape index (κ3) is 9.94. The number of aryl methyl sites for hydroxylation is 1. The number of anilines is 9. The van der Waals surface area contributed by atoms with Crippen LogP contribution in [0.25, 0.3) is 0 Å². The number of aromatic nitrogens is 4. The second kappa shape index (κ2) is 17.3. The van der Waals surface area contributed by atoms with Gasteiger partial charge < -0.3 is 40.8 Å². The molecular formula is C38H35Cl2N9O4. The van der Waals surface area contributed by atoms with Crippen LogP contribution in [0.5, 0.6) is 17.2 Å². The first kappa shape index (κ1) is 36.5. The minimum Gasteiger partial charge on any atom is -0.497 e. The summed E-state index contributed by atoms with van der Waals surface area (Å²) >= 11 is 12.4. The summed E-state index contributed by atoms with van der Waals surface area (Å²) < 4.78 is 15.7. The Morgan fingerprint density at radius 2 is 1.04 bits per heavy atom. The van der Waals surface area contributed by atoms with Gasteiger partial charge in [-0.3, -0.25) is 4.79 Å². The second-order valence-corrected chi connectivity index (χ2v) is 12.2. The highest BCUT2D eigenvalue weighted by molar-refractivity contribution is 6.33. The smallest absolute Gasteiger partial charge is 0.229 e. The summed E-state index contributed by atoms with van der Waals surface area (Å²) in [6.45, 7) is 0. The lowest BCUT2D eigenvalue weighted by Crippen LogP contribution is -2.18. The highest BCUT2D eigenvalue weighted by atomic mass is 35.5. The number of methoxy groups -OCH3 is 3. The van der Waals surface area contributed by atoms with Crippen molar-refractivity contribution >= 4 is 81.1 Å². The molecule has 13 nitrogen and oxygen atoms in total. The van der Waals surface area contributed by atoms with E-state index in [2.05, 4.69) is 46.5 Å². The van der Waals surface area contributed by atoms with Crippen molar-refractivity contribution < 1.29 is 19.0 Å². The van der Waals surface area contributed by atoms with Gasteiger partial charge in [0.25, 0.3) is 0 Å². The number of rotatable bonds is 11. The molecule has 53 heavy (non-hydrogen) atoms. The van der Waals surface area contributed by atoms with Crippen molar-refractivity contribution in [3.8, 4) is 17.2 Å². The molecule has 1 aliphatic heterocycles. The molecule has 0 atom stereocenters. The molecule has 2 aromatic heterocycles. The lowest BCUT2D eigenvalue weighted by Gasteiger charge is -2.18. The molecule has 15 heteroatoms. The molecule has 0 radical (unpaired) electrons. The van der Waals surface area contributed by atoms with Crippen LogP contribution in [0.15, 0.2) is 103 Å². The van der Waals surface area contributed by atoms with Crippen molar-refractivity contribution in [3.05, 3.63) is 119 Å². The van der Waals surface area contributed by atoms with Gasteiger partial charge in [-0.25, -0.2) is 9.97 Å². The maximum Gasteiger partial charge on any atom is 0.229 e. The average Bonchev–Trinajstić information content (AvgIpc) is 3.18. The van der Waals surface area contributed by atoms with Gasteiger partial charge in [-0.05, 0) is 66.6 Å². The van der Waals surface area contributed by atoms with E-state index in [1.165, 1.54) is 6.20 Å². The maximum absolute atomic E-state index is 11.5. The Morgan fingerprint density at radius 1 is 0.585 bits per heavy atom. The lowest BCUT2D eigenvalue weighted by molar-refractivity contribution is -0.116. The van der Waals surface area contributed by atoms with Gasteiger partial charge in [0.2, 0.25) is 17.8 Å². The molecule has 3 heterocycles. The minimum absolute atomic E-state index is 0.0440. The molecular weight excluding hydrogens is 717 g/mol. The molecule has 5 N–H and O–H groups in total. The van der Waals surface area contributed by atoms with Crippen LogP contribution >= 0.6 is 23.2 Å². The van der Waals surface area contributed by atoms with Crippen LogP contribution in [-0.4, -0.2) is 47.2 Å². The number of fused-ring (bicyclic) bond motifs is 1. The van der Waals surface area contributed by atoms with Gasteiger partial charge in [0.1, 0.15) is 27.3 Å². The Morgan fingerprint density at radius 3 is 1.51 bits per heavy atom. The number of benzene rings is 4. The Labute approximate surface area is 316 Å². The molecule has 0 fully saturated rings. The normalized spacial score (nSPS) is 11.5. The van der Waals surface area contributed by atoms with Crippen molar-refractivity contribution in [2.45, 2.75) is 12.8 Å². The van der Waals surface area contributed by atoms with Crippen molar-refractivity contribution in [2.75, 3.05) is 47.9 Å². The molecule has 1 amide bonds. The van der Waals surface area contributed by atoms with Crippen LogP contribution in [0.4, 0.5) is 52.0 Å². The molecule has 1 aliphatic rings. The summed E-state index contributed by atoms with van der Waals surface area (Å²) in [5, 5.41) is 16.3. The average molecular weight is 753 g/mol. The maximum atomic E-state index is 11.5. The third-order valence-corrected chi connectivity index (χ3v) is 8.29. The summed E-state index contributed by atoms with van der Waals surface area (Å²) in [7, 11) is 4.85. The monoisotopic (exact) mass is 751 g/mol.